The number of nitrogens with one attached hydrogen (secondary N) is 1. The summed E-state index contributed by atoms with van der Waals surface area (Å²) in [6, 6.07) is 18.4. The molecular weight excluding hydrogens is 438 g/mol. The molecule has 0 radical (unpaired) electrons. The average molecular weight is 464 g/mol. The van der Waals surface area contributed by atoms with Crippen LogP contribution in [-0.2, 0) is 9.53 Å². The van der Waals surface area contributed by atoms with Gasteiger partial charge in [-0.2, -0.15) is 5.10 Å². The van der Waals surface area contributed by atoms with Gasteiger partial charge in [0.25, 0.3) is 5.56 Å². The highest BCUT2D eigenvalue weighted by Crippen LogP contribution is 2.22. The van der Waals surface area contributed by atoms with Crippen LogP contribution in [0.5, 0.6) is 0 Å². The number of methoxy groups -OCH3 is 1. The summed E-state index contributed by atoms with van der Waals surface area (Å²) in [5, 5.41) is 8.42. The number of benzene rings is 2. The number of hydrogen-bond donors (Lipinski definition) is 1. The van der Waals surface area contributed by atoms with Gasteiger partial charge in [0.1, 0.15) is 5.82 Å². The van der Waals surface area contributed by atoms with Crippen LogP contribution in [0.3, 0.4) is 0 Å². The molecule has 33 heavy (non-hydrogen) atoms. The number of hydrogen-bond acceptors (Lipinski definition) is 6. The second-order valence-corrected chi connectivity index (χ2v) is 8.59. The molecule has 2 heterocycles. The van der Waals surface area contributed by atoms with Gasteiger partial charge in [-0.3, -0.25) is 14.2 Å². The monoisotopic (exact) mass is 463 g/mol. The van der Waals surface area contributed by atoms with Gasteiger partial charge in [-0.05, 0) is 38.1 Å². The van der Waals surface area contributed by atoms with E-state index in [4.69, 9.17) is 4.74 Å². The number of thioether (sulfide) groups is 1. The van der Waals surface area contributed by atoms with Gasteiger partial charge in [0.05, 0.1) is 40.7 Å². The fourth-order valence-corrected chi connectivity index (χ4v) is 4.49. The van der Waals surface area contributed by atoms with Gasteiger partial charge in [-0.25, -0.2) is 9.67 Å². The number of carbonyl (C=O) groups excluding carboxylic acids is 1. The van der Waals surface area contributed by atoms with Crippen molar-refractivity contribution in [3.8, 4) is 5.69 Å². The van der Waals surface area contributed by atoms with Crippen molar-refractivity contribution in [2.45, 2.75) is 25.0 Å². The normalized spacial score (nSPS) is 12.1. The van der Waals surface area contributed by atoms with Crippen molar-refractivity contribution in [2.24, 2.45) is 0 Å². The van der Waals surface area contributed by atoms with Crippen LogP contribution in [0.2, 0.25) is 0 Å². The predicted octanol–water partition coefficient (Wildman–Crippen LogP) is 3.83. The molecule has 9 heteroatoms. The predicted molar refractivity (Wildman–Crippen MR) is 130 cm³/mol. The molecule has 1 unspecified atom stereocenters. The lowest BCUT2D eigenvalue weighted by atomic mass is 10.2. The third-order valence-corrected chi connectivity index (χ3v) is 6.01. The van der Waals surface area contributed by atoms with E-state index in [1.54, 1.807) is 28.5 Å². The molecule has 1 amide bonds. The van der Waals surface area contributed by atoms with Crippen LogP contribution in [0.25, 0.3) is 16.6 Å². The maximum Gasteiger partial charge on any atom is 0.262 e. The van der Waals surface area contributed by atoms with Crippen LogP contribution in [0.15, 0.2) is 70.6 Å². The molecule has 2 aromatic heterocycles. The minimum absolute atomic E-state index is 0.0868. The van der Waals surface area contributed by atoms with E-state index in [1.165, 1.54) is 11.8 Å². The number of aryl methyl sites for hydroxylation is 1. The summed E-state index contributed by atoms with van der Waals surface area (Å²) < 4.78 is 8.55. The van der Waals surface area contributed by atoms with E-state index >= 15 is 0 Å². The molecule has 0 bridgehead atoms. The van der Waals surface area contributed by atoms with E-state index in [-0.39, 0.29) is 23.3 Å². The number of aromatic nitrogens is 4. The van der Waals surface area contributed by atoms with Crippen molar-refractivity contribution < 1.29 is 9.53 Å². The Morgan fingerprint density at radius 2 is 1.88 bits per heavy atom. The fourth-order valence-electron chi connectivity index (χ4n) is 3.60. The summed E-state index contributed by atoms with van der Waals surface area (Å²) in [5.41, 5.74) is 2.10. The highest BCUT2D eigenvalue weighted by atomic mass is 32.2. The van der Waals surface area contributed by atoms with E-state index in [2.05, 4.69) is 15.4 Å². The van der Waals surface area contributed by atoms with Crippen LogP contribution in [0, 0.1) is 6.92 Å². The summed E-state index contributed by atoms with van der Waals surface area (Å²) in [6.07, 6.45) is 0. The molecule has 4 rings (SSSR count). The SMILES string of the molecule is COCC(C)n1c(SCC(=O)Nc2cc(C)nn2-c2ccccc2)nc2ccccc2c1=O. The van der Waals surface area contributed by atoms with Gasteiger partial charge in [-0.1, -0.05) is 42.1 Å². The zero-order valence-corrected chi connectivity index (χ0v) is 19.5. The van der Waals surface area contributed by atoms with Crippen LogP contribution >= 0.6 is 11.8 Å². The van der Waals surface area contributed by atoms with Gasteiger partial charge in [-0.15, -0.1) is 0 Å². The number of fused-ring (bicyclic) bond motifs is 1. The smallest absolute Gasteiger partial charge is 0.262 e. The first kappa shape index (κ1) is 22.8. The maximum atomic E-state index is 13.1. The first-order valence-corrected chi connectivity index (χ1v) is 11.5. The molecule has 0 fully saturated rings. The molecule has 1 N–H and O–H groups in total. The molecule has 0 aliphatic heterocycles. The summed E-state index contributed by atoms with van der Waals surface area (Å²) in [5.74, 6) is 0.454. The summed E-state index contributed by atoms with van der Waals surface area (Å²) >= 11 is 1.22. The van der Waals surface area contributed by atoms with Gasteiger partial charge < -0.3 is 10.1 Å². The number of para-hydroxylation sites is 2. The molecule has 0 aliphatic rings. The molecule has 4 aromatic rings. The molecule has 0 saturated carbocycles. The molecule has 1 atom stereocenters. The van der Waals surface area contributed by atoms with E-state index in [0.29, 0.717) is 28.5 Å². The largest absolute Gasteiger partial charge is 0.383 e. The molecule has 0 spiro atoms. The highest BCUT2D eigenvalue weighted by molar-refractivity contribution is 7.99. The van der Waals surface area contributed by atoms with E-state index in [1.807, 2.05) is 62.4 Å². The van der Waals surface area contributed by atoms with Crippen LogP contribution in [-0.4, -0.2) is 44.7 Å². The Labute approximate surface area is 195 Å². The number of nitrogens with zero attached hydrogens (tertiary/aromatic N) is 4. The molecule has 170 valence electrons. The molecule has 0 aliphatic carbocycles. The van der Waals surface area contributed by atoms with Crippen molar-refractivity contribution in [1.82, 2.24) is 19.3 Å². The van der Waals surface area contributed by atoms with Gasteiger partial charge >= 0.3 is 0 Å². The highest BCUT2D eigenvalue weighted by Gasteiger charge is 2.18. The van der Waals surface area contributed by atoms with Crippen molar-refractivity contribution in [3.63, 3.8) is 0 Å². The Balaban J connectivity index is 1.57. The van der Waals surface area contributed by atoms with E-state index in [0.717, 1.165) is 11.4 Å². The lowest BCUT2D eigenvalue weighted by Gasteiger charge is -2.18. The maximum absolute atomic E-state index is 13.1. The molecule has 2 aromatic carbocycles. The summed E-state index contributed by atoms with van der Waals surface area (Å²) in [6.45, 7) is 4.13. The van der Waals surface area contributed by atoms with Crippen molar-refractivity contribution in [1.29, 1.82) is 0 Å². The second-order valence-electron chi connectivity index (χ2n) is 7.65. The Hall–Kier alpha value is -3.43. The quantitative estimate of drug-likeness (QED) is 0.315. The molecule has 0 saturated heterocycles. The van der Waals surface area contributed by atoms with Gasteiger partial charge in [0.2, 0.25) is 5.91 Å². The standard InChI is InChI=1S/C24H25N5O3S/c1-16-13-21(29(27-16)18-9-5-4-6-10-18)26-22(30)15-33-24-25-20-12-8-7-11-19(20)23(31)28(24)17(2)14-32-3/h4-13,17H,14-15H2,1-3H3,(H,26,30). The number of carbonyl (C=O) groups is 1. The van der Waals surface area contributed by atoms with Gasteiger partial charge in [0.15, 0.2) is 5.16 Å². The Morgan fingerprint density at radius 3 is 2.64 bits per heavy atom. The Morgan fingerprint density at radius 1 is 1.15 bits per heavy atom. The number of ether oxygens (including phenoxy) is 1. The minimum Gasteiger partial charge on any atom is -0.383 e. The molecule has 8 nitrogen and oxygen atoms in total. The fraction of sp³-hybridized carbons (Fsp3) is 0.250. The molecular formula is C24H25N5O3S. The van der Waals surface area contributed by atoms with Crippen LogP contribution < -0.4 is 10.9 Å². The lowest BCUT2D eigenvalue weighted by molar-refractivity contribution is -0.113. The first-order valence-electron chi connectivity index (χ1n) is 10.5. The average Bonchev–Trinajstić information content (AvgIpc) is 3.18. The van der Waals surface area contributed by atoms with Crippen LogP contribution in [0.1, 0.15) is 18.7 Å². The van der Waals surface area contributed by atoms with Crippen molar-refractivity contribution >= 4 is 34.4 Å². The zero-order valence-electron chi connectivity index (χ0n) is 18.7. The summed E-state index contributed by atoms with van der Waals surface area (Å²) in [4.78, 5) is 30.6. The third kappa shape index (κ3) is 4.99. The summed E-state index contributed by atoms with van der Waals surface area (Å²) in [7, 11) is 1.59. The van der Waals surface area contributed by atoms with Gasteiger partial charge in [0, 0.05) is 13.2 Å². The lowest BCUT2D eigenvalue weighted by Crippen LogP contribution is -2.29. The van der Waals surface area contributed by atoms with E-state index in [9.17, 15) is 9.59 Å². The second kappa shape index (κ2) is 10.0. The Bertz CT molecular complexity index is 1330. The minimum atomic E-state index is -0.229. The Kier molecular flexibility index (Phi) is 6.90. The number of anilines is 1. The topological polar surface area (TPSA) is 91.0 Å². The first-order chi connectivity index (χ1) is 16.0. The van der Waals surface area contributed by atoms with E-state index < -0.39 is 0 Å². The van der Waals surface area contributed by atoms with Crippen LogP contribution in [0.4, 0.5) is 5.82 Å². The van der Waals surface area contributed by atoms with Crippen molar-refractivity contribution in [2.75, 3.05) is 24.8 Å². The number of amides is 1. The zero-order chi connectivity index (χ0) is 23.4. The van der Waals surface area contributed by atoms with Crippen molar-refractivity contribution in [3.05, 3.63) is 76.7 Å². The number of rotatable bonds is 8. The third-order valence-electron chi connectivity index (χ3n) is 5.06.